The number of allylic oxidation sites excluding steroid dienone is 17. The van der Waals surface area contributed by atoms with Crippen LogP contribution in [0.4, 0.5) is 0 Å². The summed E-state index contributed by atoms with van der Waals surface area (Å²) in [4.78, 5) is 13.4. The second-order valence-corrected chi connectivity index (χ2v) is 25.3. The van der Waals surface area contributed by atoms with Crippen molar-refractivity contribution in [3.8, 4) is 0 Å². The lowest BCUT2D eigenvalue weighted by Gasteiger charge is -2.48. The normalized spacial score (nSPS) is 28.0. The van der Waals surface area contributed by atoms with Gasteiger partial charge in [-0.25, -0.2) is 0 Å². The number of carbonyl (C=O) groups is 1. The molecule has 3 heterocycles. The van der Waals surface area contributed by atoms with Gasteiger partial charge in [0.25, 0.3) is 0 Å². The van der Waals surface area contributed by atoms with E-state index >= 15 is 0 Å². The van der Waals surface area contributed by atoms with E-state index in [9.17, 15) is 61.0 Å². The van der Waals surface area contributed by atoms with Crippen molar-refractivity contribution in [3.63, 3.8) is 0 Å². The first kappa shape index (κ1) is 84.7. The molecule has 0 spiro atoms. The molecule has 1 amide bonds. The number of aliphatic hydroxyl groups is 11. The lowest BCUT2D eigenvalue weighted by molar-refractivity contribution is -0.379. The van der Waals surface area contributed by atoms with Gasteiger partial charge < -0.3 is 89.9 Å². The molecular formula is C75H127NO18. The van der Waals surface area contributed by atoms with E-state index in [0.29, 0.717) is 12.8 Å². The van der Waals surface area contributed by atoms with Crippen molar-refractivity contribution in [2.75, 3.05) is 26.4 Å². The van der Waals surface area contributed by atoms with Gasteiger partial charge in [-0.15, -0.1) is 0 Å². The molecule has 3 fully saturated rings. The van der Waals surface area contributed by atoms with Crippen LogP contribution in [0.2, 0.25) is 0 Å². The molecule has 0 saturated carbocycles. The third-order valence-corrected chi connectivity index (χ3v) is 17.3. The Morgan fingerprint density at radius 2 is 0.745 bits per heavy atom. The van der Waals surface area contributed by atoms with Gasteiger partial charge in [0.1, 0.15) is 73.2 Å². The zero-order valence-corrected chi connectivity index (χ0v) is 57.1. The van der Waals surface area contributed by atoms with Gasteiger partial charge in [0.2, 0.25) is 5.91 Å². The summed E-state index contributed by atoms with van der Waals surface area (Å²) >= 11 is 0. The first-order chi connectivity index (χ1) is 45.8. The maximum absolute atomic E-state index is 13.4. The molecule has 3 saturated heterocycles. The van der Waals surface area contributed by atoms with Gasteiger partial charge in [0.15, 0.2) is 18.9 Å². The van der Waals surface area contributed by atoms with Crippen molar-refractivity contribution < 1.29 is 89.4 Å². The van der Waals surface area contributed by atoms with Crippen molar-refractivity contribution in [3.05, 3.63) is 109 Å². The molecule has 17 atom stereocenters. The number of rotatable bonds is 54. The molecular weight excluding hydrogens is 1200 g/mol. The molecule has 0 aromatic heterocycles. The van der Waals surface area contributed by atoms with E-state index in [1.165, 1.54) is 96.3 Å². The third-order valence-electron chi connectivity index (χ3n) is 17.3. The van der Waals surface area contributed by atoms with E-state index in [0.717, 1.165) is 96.3 Å². The topological polar surface area (TPSA) is 307 Å². The molecule has 19 heteroatoms. The minimum Gasteiger partial charge on any atom is -0.394 e. The largest absolute Gasteiger partial charge is 0.394 e. The Bertz CT molecular complexity index is 2130. The zero-order valence-electron chi connectivity index (χ0n) is 57.1. The van der Waals surface area contributed by atoms with Gasteiger partial charge >= 0.3 is 0 Å². The average molecular weight is 1330 g/mol. The lowest BCUT2D eigenvalue weighted by Crippen LogP contribution is -2.66. The number of ether oxygens (including phenoxy) is 6. The van der Waals surface area contributed by atoms with Crippen LogP contribution in [0.5, 0.6) is 0 Å². The second-order valence-electron chi connectivity index (χ2n) is 25.3. The van der Waals surface area contributed by atoms with Crippen LogP contribution >= 0.6 is 0 Å². The number of unbranched alkanes of at least 4 members (excludes halogenated alkanes) is 22. The summed E-state index contributed by atoms with van der Waals surface area (Å²) in [6.45, 7) is 1.58. The summed E-state index contributed by atoms with van der Waals surface area (Å²) in [6.07, 6.45) is 47.7. The highest BCUT2D eigenvalue weighted by molar-refractivity contribution is 5.76. The average Bonchev–Trinajstić information content (AvgIpc) is 0.787. The van der Waals surface area contributed by atoms with Crippen LogP contribution in [0.3, 0.4) is 0 Å². The lowest BCUT2D eigenvalue weighted by atomic mass is 9.96. The first-order valence-corrected chi connectivity index (χ1v) is 36.1. The third kappa shape index (κ3) is 36.3. The number of carbonyl (C=O) groups excluding carboxylic acids is 1. The number of hydrogen-bond acceptors (Lipinski definition) is 18. The van der Waals surface area contributed by atoms with Gasteiger partial charge in [0.05, 0.1) is 38.6 Å². The van der Waals surface area contributed by atoms with Crippen LogP contribution in [0, 0.1) is 0 Å². The maximum Gasteiger partial charge on any atom is 0.220 e. The molecule has 94 heavy (non-hydrogen) atoms. The van der Waals surface area contributed by atoms with E-state index in [1.54, 1.807) is 6.08 Å². The summed E-state index contributed by atoms with van der Waals surface area (Å²) in [5.74, 6) is -0.298. The summed E-state index contributed by atoms with van der Waals surface area (Å²) in [5, 5.41) is 121. The SMILES string of the molecule is CC/C=C\C/C=C\C/C=C\C/C=C\C/C=C\C/C=C\CCCCCCCCCCCCC(=O)NC(COC1OC(CO)C(OC2OC(CO)C(OC3OC(CO)C(O)C(O)C3O)C(O)C2O)C(O)C1O)C(O)/C=C/CC/C=C/CC/C=C/CCCCCCCCCCCC. The van der Waals surface area contributed by atoms with Crippen LogP contribution in [0.25, 0.3) is 0 Å². The molecule has 17 unspecified atom stereocenters. The standard InChI is InChI=1S/C75H127NO18/c1-3-5-7-9-11-13-15-17-19-21-23-25-26-27-28-29-30-31-32-33-35-37-39-41-43-45-47-49-51-53-63(81)76-58(59(80)52-50-48-46-44-42-40-38-36-34-24-22-20-18-16-14-12-10-8-6-4-2)57-89-73-69(87)66(84)71(61(55-78)91-73)94-75-70(88)67(85)72(62(56-79)92-75)93-74-68(86)65(83)64(82)60(54-77)90-74/h5,7,11,13,17,19,23,25,27-28,30-31,34,36,42,44,50,52,58-62,64-75,77-80,82-88H,3-4,6,8-10,12,14-16,18,20-22,24,26,29,32-33,35,37-41,43,45-49,51,53-57H2,1-2H3,(H,76,81)/b7-5-,13-11-,19-17-,25-23-,28-27-,31-30-,36-34+,44-42+,52-50+. The molecule has 540 valence electrons. The number of amides is 1. The van der Waals surface area contributed by atoms with Gasteiger partial charge in [-0.3, -0.25) is 4.79 Å². The van der Waals surface area contributed by atoms with E-state index in [-0.39, 0.29) is 18.9 Å². The summed E-state index contributed by atoms with van der Waals surface area (Å²) in [7, 11) is 0. The Kier molecular flexibility index (Phi) is 49.9. The molecule has 0 bridgehead atoms. The molecule has 3 rings (SSSR count). The van der Waals surface area contributed by atoms with E-state index in [2.05, 4.69) is 116 Å². The minimum absolute atomic E-state index is 0.220. The molecule has 0 aromatic carbocycles. The van der Waals surface area contributed by atoms with Crippen molar-refractivity contribution in [1.82, 2.24) is 5.32 Å². The van der Waals surface area contributed by atoms with Crippen LogP contribution in [0.15, 0.2) is 109 Å². The Hall–Kier alpha value is -3.55. The fraction of sp³-hybridized carbons (Fsp3) is 0.747. The fourth-order valence-electron chi connectivity index (χ4n) is 11.5. The fourth-order valence-corrected chi connectivity index (χ4v) is 11.5. The Labute approximate surface area is 564 Å². The number of hydrogen-bond donors (Lipinski definition) is 12. The monoisotopic (exact) mass is 1330 g/mol. The molecule has 0 aliphatic carbocycles. The van der Waals surface area contributed by atoms with Crippen LogP contribution in [0.1, 0.15) is 226 Å². The number of nitrogens with one attached hydrogen (secondary N) is 1. The molecule has 12 N–H and O–H groups in total. The molecule has 3 aliphatic rings. The highest BCUT2D eigenvalue weighted by Crippen LogP contribution is 2.33. The van der Waals surface area contributed by atoms with Crippen molar-refractivity contribution in [2.45, 2.75) is 330 Å². The predicted molar refractivity (Wildman–Crippen MR) is 369 cm³/mol. The molecule has 0 aromatic rings. The zero-order chi connectivity index (χ0) is 68.2. The van der Waals surface area contributed by atoms with Crippen LogP contribution < -0.4 is 5.32 Å². The molecule has 0 radical (unpaired) electrons. The quantitative estimate of drug-likeness (QED) is 0.0199. The summed E-state index contributed by atoms with van der Waals surface area (Å²) in [6, 6.07) is -1.01. The predicted octanol–water partition coefficient (Wildman–Crippen LogP) is 10.2. The Morgan fingerprint density at radius 3 is 1.19 bits per heavy atom. The highest BCUT2D eigenvalue weighted by atomic mass is 16.8. The van der Waals surface area contributed by atoms with E-state index < -0.39 is 124 Å². The van der Waals surface area contributed by atoms with Gasteiger partial charge in [-0.1, -0.05) is 232 Å². The van der Waals surface area contributed by atoms with E-state index in [1.807, 2.05) is 6.08 Å². The summed E-state index contributed by atoms with van der Waals surface area (Å²) in [5.41, 5.74) is 0. The van der Waals surface area contributed by atoms with Gasteiger partial charge in [0, 0.05) is 6.42 Å². The van der Waals surface area contributed by atoms with Crippen molar-refractivity contribution >= 4 is 5.91 Å². The Morgan fingerprint density at radius 1 is 0.394 bits per heavy atom. The smallest absolute Gasteiger partial charge is 0.220 e. The van der Waals surface area contributed by atoms with Gasteiger partial charge in [-0.05, 0) is 96.3 Å². The minimum atomic E-state index is -1.99. The van der Waals surface area contributed by atoms with Crippen molar-refractivity contribution in [1.29, 1.82) is 0 Å². The maximum atomic E-state index is 13.4. The van der Waals surface area contributed by atoms with E-state index in [4.69, 9.17) is 28.4 Å². The summed E-state index contributed by atoms with van der Waals surface area (Å²) < 4.78 is 34.3. The van der Waals surface area contributed by atoms with Crippen LogP contribution in [-0.2, 0) is 33.2 Å². The van der Waals surface area contributed by atoms with Gasteiger partial charge in [-0.2, -0.15) is 0 Å². The van der Waals surface area contributed by atoms with Crippen LogP contribution in [-0.4, -0.2) is 193 Å². The first-order valence-electron chi connectivity index (χ1n) is 36.1. The van der Waals surface area contributed by atoms with Crippen molar-refractivity contribution in [2.24, 2.45) is 0 Å². The Balaban J connectivity index is 1.43. The molecule has 19 nitrogen and oxygen atoms in total. The molecule has 3 aliphatic heterocycles. The highest BCUT2D eigenvalue weighted by Gasteiger charge is 2.53. The second kappa shape index (κ2) is 55.3. The number of aliphatic hydroxyl groups excluding tert-OH is 11.